The summed E-state index contributed by atoms with van der Waals surface area (Å²) in [5.74, 6) is 0. The molecule has 0 fully saturated rings. The van der Waals surface area contributed by atoms with E-state index < -0.39 is 13.2 Å². The van der Waals surface area contributed by atoms with E-state index in [0.29, 0.717) is 17.9 Å². The number of thioether (sulfide) groups is 1. The zero-order valence-electron chi connectivity index (χ0n) is 9.72. The van der Waals surface area contributed by atoms with E-state index in [2.05, 4.69) is 0 Å². The molecule has 17 heavy (non-hydrogen) atoms. The van der Waals surface area contributed by atoms with Gasteiger partial charge in [-0.05, 0) is 37.1 Å². The summed E-state index contributed by atoms with van der Waals surface area (Å²) >= 11 is 7.26. The quantitative estimate of drug-likeness (QED) is 0.472. The maximum Gasteiger partial charge on any atom is 0.696 e. The molecule has 1 unspecified atom stereocenters. The molecule has 0 bridgehead atoms. The van der Waals surface area contributed by atoms with Crippen molar-refractivity contribution in [2.45, 2.75) is 36.5 Å². The van der Waals surface area contributed by atoms with Crippen molar-refractivity contribution < 1.29 is 14.0 Å². The zero-order chi connectivity index (χ0) is 12.9. The van der Waals surface area contributed by atoms with Crippen molar-refractivity contribution >= 4 is 31.6 Å². The van der Waals surface area contributed by atoms with Crippen molar-refractivity contribution in [3.05, 3.63) is 29.3 Å². The molecule has 1 N–H and O–H groups in total. The Morgan fingerprint density at radius 3 is 2.29 bits per heavy atom. The first-order valence-corrected chi connectivity index (χ1v) is 7.63. The van der Waals surface area contributed by atoms with E-state index in [9.17, 15) is 4.57 Å². The van der Waals surface area contributed by atoms with Gasteiger partial charge in [-0.3, -0.25) is 0 Å². The molecule has 0 amide bonds. The van der Waals surface area contributed by atoms with E-state index in [-0.39, 0.29) is 0 Å². The molecule has 1 rings (SSSR count). The normalized spacial score (nSPS) is 12.6. The van der Waals surface area contributed by atoms with Gasteiger partial charge in [0.1, 0.15) is 0 Å². The number of halogens is 1. The molecule has 0 aromatic heterocycles. The molecule has 0 spiro atoms. The largest absolute Gasteiger partial charge is 0.696 e. The highest BCUT2D eigenvalue weighted by Crippen LogP contribution is 2.44. The first-order valence-electron chi connectivity index (χ1n) is 5.31. The second kappa shape index (κ2) is 6.72. The van der Waals surface area contributed by atoms with E-state index in [1.807, 2.05) is 26.0 Å². The van der Waals surface area contributed by atoms with Crippen molar-refractivity contribution in [2.24, 2.45) is 0 Å². The lowest BCUT2D eigenvalue weighted by molar-refractivity contribution is 0.147. The summed E-state index contributed by atoms with van der Waals surface area (Å²) in [5.41, 5.74) is 0. The third-order valence-electron chi connectivity index (χ3n) is 2.44. The van der Waals surface area contributed by atoms with Crippen molar-refractivity contribution in [1.82, 2.24) is 0 Å². The molecule has 94 valence electrons. The maximum atomic E-state index is 10.9. The molecule has 0 heterocycles. The molecule has 1 aromatic carbocycles. The summed E-state index contributed by atoms with van der Waals surface area (Å²) in [5, 5.41) is 0.669. The predicted molar refractivity (Wildman–Crippen MR) is 71.5 cm³/mol. The van der Waals surface area contributed by atoms with Crippen LogP contribution in [-0.2, 0) is 9.09 Å². The van der Waals surface area contributed by atoms with E-state index in [1.165, 1.54) is 11.8 Å². The third kappa shape index (κ3) is 4.57. The second-order valence-corrected chi connectivity index (χ2v) is 6.02. The van der Waals surface area contributed by atoms with Crippen LogP contribution in [0.2, 0.25) is 5.02 Å². The fourth-order valence-electron chi connectivity index (χ4n) is 1.40. The van der Waals surface area contributed by atoms with Gasteiger partial charge in [-0.15, -0.1) is 9.42 Å². The summed E-state index contributed by atoms with van der Waals surface area (Å²) in [6.45, 7) is 3.87. The molecule has 6 heteroatoms. The Hall–Kier alpha value is -0.120. The van der Waals surface area contributed by atoms with Crippen LogP contribution in [0.5, 0.6) is 0 Å². The molecule has 0 aliphatic carbocycles. The monoisotopic (exact) mass is 293 g/mol. The molecular formula is C11H15ClO3PS+. The van der Waals surface area contributed by atoms with Crippen LogP contribution < -0.4 is 0 Å². The van der Waals surface area contributed by atoms with Crippen LogP contribution in [0, 0.1) is 0 Å². The van der Waals surface area contributed by atoms with Crippen LogP contribution in [0.1, 0.15) is 26.7 Å². The molecule has 0 radical (unpaired) electrons. The van der Waals surface area contributed by atoms with Gasteiger partial charge in [-0.1, -0.05) is 37.2 Å². The van der Waals surface area contributed by atoms with Crippen molar-refractivity contribution in [1.29, 1.82) is 0 Å². The van der Waals surface area contributed by atoms with Gasteiger partial charge in [-0.25, -0.2) is 0 Å². The molecule has 1 aromatic rings. The average Bonchev–Trinajstić information content (AvgIpc) is 2.30. The molecular weight excluding hydrogens is 279 g/mol. The summed E-state index contributed by atoms with van der Waals surface area (Å²) in [4.78, 5) is 9.24. The first kappa shape index (κ1) is 14.9. The third-order valence-corrected chi connectivity index (χ3v) is 4.86. The Labute approximate surface area is 111 Å². The van der Waals surface area contributed by atoms with E-state index in [4.69, 9.17) is 21.0 Å². The Kier molecular flexibility index (Phi) is 5.90. The lowest BCUT2D eigenvalue weighted by Gasteiger charge is -2.23. The Morgan fingerprint density at radius 1 is 1.35 bits per heavy atom. The van der Waals surface area contributed by atoms with Crippen LogP contribution in [0.3, 0.4) is 0 Å². The van der Waals surface area contributed by atoms with Gasteiger partial charge in [0.25, 0.3) is 0 Å². The fraction of sp³-hybridized carbons (Fsp3) is 0.455. The van der Waals surface area contributed by atoms with Crippen LogP contribution >= 0.6 is 31.6 Å². The van der Waals surface area contributed by atoms with Gasteiger partial charge in [0.15, 0.2) is 4.93 Å². The standard InChI is InChI=1S/C11H14ClO3PS/c1-3-11(4-2,15-16(13)14)17-10-7-5-9(12)6-8-10/h5-8H,3-4H2,1-2H3/p+1. The summed E-state index contributed by atoms with van der Waals surface area (Å²) in [6.07, 6.45) is 1.30. The predicted octanol–water partition coefficient (Wildman–Crippen LogP) is 4.61. The van der Waals surface area contributed by atoms with E-state index in [0.717, 1.165) is 4.90 Å². The second-order valence-electron chi connectivity index (χ2n) is 3.50. The maximum absolute atomic E-state index is 10.9. The number of rotatable bonds is 6. The summed E-state index contributed by atoms with van der Waals surface area (Å²) in [7, 11) is -2.60. The van der Waals surface area contributed by atoms with Crippen LogP contribution in [0.4, 0.5) is 0 Å². The Morgan fingerprint density at radius 2 is 1.88 bits per heavy atom. The lowest BCUT2D eigenvalue weighted by Crippen LogP contribution is -2.23. The minimum Gasteiger partial charge on any atom is -0.133 e. The number of hydrogen-bond donors (Lipinski definition) is 1. The van der Waals surface area contributed by atoms with Gasteiger partial charge in [0.2, 0.25) is 0 Å². The Bertz CT molecular complexity index is 379. The molecule has 0 aliphatic heterocycles. The molecule has 3 nitrogen and oxygen atoms in total. The molecule has 1 atom stereocenters. The number of hydrogen-bond acceptors (Lipinski definition) is 3. The highest BCUT2D eigenvalue weighted by atomic mass is 35.5. The SMILES string of the molecule is CCC(CC)(O[P+](=O)O)Sc1ccc(Cl)cc1. The first-order chi connectivity index (χ1) is 8.01. The zero-order valence-corrected chi connectivity index (χ0v) is 12.2. The van der Waals surface area contributed by atoms with Crippen LogP contribution in [0.25, 0.3) is 0 Å². The van der Waals surface area contributed by atoms with Crippen LogP contribution in [0.15, 0.2) is 29.2 Å². The average molecular weight is 294 g/mol. The Balaban J connectivity index is 2.85. The van der Waals surface area contributed by atoms with Gasteiger partial charge < -0.3 is 0 Å². The molecule has 0 saturated carbocycles. The lowest BCUT2D eigenvalue weighted by atomic mass is 10.2. The van der Waals surface area contributed by atoms with Gasteiger partial charge in [-0.2, -0.15) is 0 Å². The van der Waals surface area contributed by atoms with Crippen molar-refractivity contribution in [2.75, 3.05) is 0 Å². The van der Waals surface area contributed by atoms with Gasteiger partial charge in [0, 0.05) is 14.5 Å². The van der Waals surface area contributed by atoms with Gasteiger partial charge >= 0.3 is 8.25 Å². The number of benzene rings is 1. The molecule has 0 saturated heterocycles. The highest BCUT2D eigenvalue weighted by molar-refractivity contribution is 8.00. The fourth-order valence-corrected chi connectivity index (χ4v) is 3.40. The van der Waals surface area contributed by atoms with Crippen LogP contribution in [-0.4, -0.2) is 9.83 Å². The van der Waals surface area contributed by atoms with E-state index in [1.54, 1.807) is 12.1 Å². The van der Waals surface area contributed by atoms with Crippen molar-refractivity contribution in [3.8, 4) is 0 Å². The highest BCUT2D eigenvalue weighted by Gasteiger charge is 2.38. The summed E-state index contributed by atoms with van der Waals surface area (Å²) < 4.78 is 16.0. The minimum atomic E-state index is -2.60. The van der Waals surface area contributed by atoms with E-state index >= 15 is 0 Å². The minimum absolute atomic E-state index is 0.651. The summed E-state index contributed by atoms with van der Waals surface area (Å²) in [6, 6.07) is 7.33. The van der Waals surface area contributed by atoms with Gasteiger partial charge in [0.05, 0.1) is 0 Å². The topological polar surface area (TPSA) is 46.5 Å². The van der Waals surface area contributed by atoms with Crippen molar-refractivity contribution in [3.63, 3.8) is 0 Å². The smallest absolute Gasteiger partial charge is 0.133 e. The molecule has 0 aliphatic rings.